The molecule has 3 heteroatoms. The number of hydrogen-bond donors (Lipinski definition) is 2. The van der Waals surface area contributed by atoms with E-state index in [0.717, 1.165) is 11.9 Å². The Balaban J connectivity index is 1.87. The van der Waals surface area contributed by atoms with Crippen LogP contribution < -0.4 is 5.32 Å². The van der Waals surface area contributed by atoms with Crippen molar-refractivity contribution in [2.45, 2.75) is 38.6 Å². The molecule has 0 amide bonds. The van der Waals surface area contributed by atoms with Crippen molar-refractivity contribution >= 4 is 5.95 Å². The second kappa shape index (κ2) is 3.81. The van der Waals surface area contributed by atoms with Crippen LogP contribution >= 0.6 is 0 Å². The monoisotopic (exact) mass is 179 g/mol. The highest BCUT2D eigenvalue weighted by Gasteiger charge is 2.18. The second-order valence-electron chi connectivity index (χ2n) is 4.05. The van der Waals surface area contributed by atoms with Crippen molar-refractivity contribution in [2.24, 2.45) is 5.92 Å². The zero-order chi connectivity index (χ0) is 9.10. The number of nitrogens with zero attached hydrogens (tertiary/aromatic N) is 1. The van der Waals surface area contributed by atoms with E-state index in [9.17, 15) is 0 Å². The molecule has 1 heterocycles. The van der Waals surface area contributed by atoms with Gasteiger partial charge in [-0.1, -0.05) is 19.8 Å². The fourth-order valence-electron chi connectivity index (χ4n) is 2.10. The topological polar surface area (TPSA) is 40.7 Å². The molecular weight excluding hydrogens is 162 g/mol. The molecule has 3 nitrogen and oxygen atoms in total. The van der Waals surface area contributed by atoms with Gasteiger partial charge in [0, 0.05) is 18.4 Å². The minimum absolute atomic E-state index is 0.620. The van der Waals surface area contributed by atoms with E-state index in [1.165, 1.54) is 25.7 Å². The molecule has 0 aromatic carbocycles. The van der Waals surface area contributed by atoms with Crippen LogP contribution in [0.3, 0.4) is 0 Å². The summed E-state index contributed by atoms with van der Waals surface area (Å²) in [5.41, 5.74) is 0. The summed E-state index contributed by atoms with van der Waals surface area (Å²) >= 11 is 0. The van der Waals surface area contributed by atoms with Crippen molar-refractivity contribution in [3.63, 3.8) is 0 Å². The number of nitrogens with one attached hydrogen (secondary N) is 2. The molecule has 2 N–H and O–H groups in total. The molecule has 1 saturated carbocycles. The number of hydrogen-bond acceptors (Lipinski definition) is 2. The van der Waals surface area contributed by atoms with E-state index in [1.54, 1.807) is 6.20 Å². The maximum atomic E-state index is 4.17. The number of anilines is 1. The van der Waals surface area contributed by atoms with Crippen LogP contribution in [0.4, 0.5) is 5.95 Å². The van der Waals surface area contributed by atoms with Crippen molar-refractivity contribution in [1.29, 1.82) is 0 Å². The summed E-state index contributed by atoms with van der Waals surface area (Å²) in [4.78, 5) is 7.25. The Bertz CT molecular complexity index is 243. The SMILES string of the molecule is CC1CCCC(Nc2ncc[nH]2)C1. The Hall–Kier alpha value is -0.990. The van der Waals surface area contributed by atoms with Crippen LogP contribution in [0.25, 0.3) is 0 Å². The second-order valence-corrected chi connectivity index (χ2v) is 4.05. The molecule has 2 atom stereocenters. The molecule has 2 rings (SSSR count). The lowest BCUT2D eigenvalue weighted by Crippen LogP contribution is -2.26. The minimum Gasteiger partial charge on any atom is -0.353 e. The third kappa shape index (κ3) is 2.23. The van der Waals surface area contributed by atoms with Gasteiger partial charge in [-0.15, -0.1) is 0 Å². The maximum Gasteiger partial charge on any atom is 0.200 e. The van der Waals surface area contributed by atoms with Crippen molar-refractivity contribution in [1.82, 2.24) is 9.97 Å². The van der Waals surface area contributed by atoms with E-state index < -0.39 is 0 Å². The molecule has 0 aliphatic heterocycles. The highest BCUT2D eigenvalue weighted by atomic mass is 15.1. The van der Waals surface area contributed by atoms with Gasteiger partial charge in [0.2, 0.25) is 0 Å². The van der Waals surface area contributed by atoms with Crippen molar-refractivity contribution in [3.8, 4) is 0 Å². The minimum atomic E-state index is 0.620. The Labute approximate surface area is 79.0 Å². The Morgan fingerprint density at radius 2 is 2.46 bits per heavy atom. The van der Waals surface area contributed by atoms with Crippen LogP contribution in [-0.2, 0) is 0 Å². The molecule has 1 fully saturated rings. The van der Waals surface area contributed by atoms with E-state index in [1.807, 2.05) is 6.20 Å². The molecule has 1 aromatic rings. The van der Waals surface area contributed by atoms with Gasteiger partial charge in [-0.3, -0.25) is 0 Å². The largest absolute Gasteiger partial charge is 0.353 e. The summed E-state index contributed by atoms with van der Waals surface area (Å²) in [5.74, 6) is 1.78. The first-order chi connectivity index (χ1) is 6.34. The Morgan fingerprint density at radius 3 is 3.15 bits per heavy atom. The standard InChI is InChI=1S/C10H17N3/c1-8-3-2-4-9(7-8)13-10-11-5-6-12-10/h5-6,8-9H,2-4,7H2,1H3,(H2,11,12,13). The number of H-pyrrole nitrogens is 1. The van der Waals surface area contributed by atoms with Crippen LogP contribution in [-0.4, -0.2) is 16.0 Å². The first-order valence-corrected chi connectivity index (χ1v) is 5.10. The van der Waals surface area contributed by atoms with Gasteiger partial charge >= 0.3 is 0 Å². The quantitative estimate of drug-likeness (QED) is 0.732. The average molecular weight is 179 g/mol. The van der Waals surface area contributed by atoms with Crippen molar-refractivity contribution in [3.05, 3.63) is 12.4 Å². The molecular formula is C10H17N3. The first-order valence-electron chi connectivity index (χ1n) is 5.10. The van der Waals surface area contributed by atoms with Crippen molar-refractivity contribution in [2.75, 3.05) is 5.32 Å². The number of aromatic amines is 1. The van der Waals surface area contributed by atoms with Crippen LogP contribution in [0.2, 0.25) is 0 Å². The third-order valence-electron chi connectivity index (χ3n) is 2.78. The lowest BCUT2D eigenvalue weighted by atomic mass is 9.87. The predicted octanol–water partition coefficient (Wildman–Crippen LogP) is 2.40. The fourth-order valence-corrected chi connectivity index (χ4v) is 2.10. The van der Waals surface area contributed by atoms with Crippen LogP contribution in [0.1, 0.15) is 32.6 Å². The highest BCUT2D eigenvalue weighted by molar-refractivity contribution is 5.24. The lowest BCUT2D eigenvalue weighted by molar-refractivity contribution is 0.358. The van der Waals surface area contributed by atoms with Crippen LogP contribution in [0.5, 0.6) is 0 Å². The van der Waals surface area contributed by atoms with Gasteiger partial charge in [0.25, 0.3) is 0 Å². The predicted molar refractivity (Wildman–Crippen MR) is 53.6 cm³/mol. The van der Waals surface area contributed by atoms with E-state index in [2.05, 4.69) is 22.2 Å². The smallest absolute Gasteiger partial charge is 0.200 e. The summed E-state index contributed by atoms with van der Waals surface area (Å²) in [7, 11) is 0. The fraction of sp³-hybridized carbons (Fsp3) is 0.700. The molecule has 1 aliphatic rings. The summed E-state index contributed by atoms with van der Waals surface area (Å²) < 4.78 is 0. The summed E-state index contributed by atoms with van der Waals surface area (Å²) in [6.45, 7) is 2.33. The van der Waals surface area contributed by atoms with Crippen LogP contribution in [0.15, 0.2) is 12.4 Å². The molecule has 0 spiro atoms. The zero-order valence-corrected chi connectivity index (χ0v) is 8.09. The van der Waals surface area contributed by atoms with Gasteiger partial charge in [-0.25, -0.2) is 4.98 Å². The zero-order valence-electron chi connectivity index (χ0n) is 8.09. The Morgan fingerprint density at radius 1 is 1.54 bits per heavy atom. The van der Waals surface area contributed by atoms with Gasteiger partial charge in [0.05, 0.1) is 0 Å². The average Bonchev–Trinajstić information content (AvgIpc) is 2.57. The number of aromatic nitrogens is 2. The molecule has 0 radical (unpaired) electrons. The van der Waals surface area contributed by atoms with Crippen molar-refractivity contribution < 1.29 is 0 Å². The van der Waals surface area contributed by atoms with Gasteiger partial charge < -0.3 is 10.3 Å². The molecule has 0 bridgehead atoms. The van der Waals surface area contributed by atoms with Gasteiger partial charge in [-0.05, 0) is 18.8 Å². The third-order valence-corrected chi connectivity index (χ3v) is 2.78. The molecule has 1 aliphatic carbocycles. The molecule has 0 saturated heterocycles. The lowest BCUT2D eigenvalue weighted by Gasteiger charge is -2.27. The van der Waals surface area contributed by atoms with Gasteiger partial charge in [0.1, 0.15) is 0 Å². The van der Waals surface area contributed by atoms with E-state index in [-0.39, 0.29) is 0 Å². The summed E-state index contributed by atoms with van der Waals surface area (Å²) in [6, 6.07) is 0.620. The molecule has 72 valence electrons. The summed E-state index contributed by atoms with van der Waals surface area (Å²) in [6.07, 6.45) is 8.94. The summed E-state index contributed by atoms with van der Waals surface area (Å²) in [5, 5.41) is 3.42. The number of imidazole rings is 1. The maximum absolute atomic E-state index is 4.17. The van der Waals surface area contributed by atoms with E-state index in [0.29, 0.717) is 6.04 Å². The first kappa shape index (κ1) is 8.60. The van der Waals surface area contributed by atoms with Gasteiger partial charge in [-0.2, -0.15) is 0 Å². The molecule has 13 heavy (non-hydrogen) atoms. The number of rotatable bonds is 2. The highest BCUT2D eigenvalue weighted by Crippen LogP contribution is 2.25. The van der Waals surface area contributed by atoms with E-state index in [4.69, 9.17) is 0 Å². The van der Waals surface area contributed by atoms with Crippen LogP contribution in [0, 0.1) is 5.92 Å². The van der Waals surface area contributed by atoms with Gasteiger partial charge in [0.15, 0.2) is 5.95 Å². The van der Waals surface area contributed by atoms with E-state index >= 15 is 0 Å². The molecule has 2 unspecified atom stereocenters. The molecule has 1 aromatic heterocycles. The Kier molecular flexibility index (Phi) is 2.52. The normalized spacial score (nSPS) is 28.7.